The SMILES string of the molecule is Cn1cc(CCNS(=O)(=O)c2cccs2)c2cccnc21. The van der Waals surface area contributed by atoms with Crippen LogP contribution in [0.5, 0.6) is 0 Å². The summed E-state index contributed by atoms with van der Waals surface area (Å²) in [6, 6.07) is 7.23. The molecular formula is C14H15N3O2S2. The first kappa shape index (κ1) is 14.2. The molecule has 0 amide bonds. The van der Waals surface area contributed by atoms with E-state index in [0.717, 1.165) is 16.6 Å². The Kier molecular flexibility index (Phi) is 3.79. The fraction of sp³-hybridized carbons (Fsp3) is 0.214. The van der Waals surface area contributed by atoms with E-state index in [1.54, 1.807) is 23.7 Å². The molecular weight excluding hydrogens is 306 g/mol. The third kappa shape index (κ3) is 2.85. The van der Waals surface area contributed by atoms with Crippen LogP contribution in [0, 0.1) is 0 Å². The van der Waals surface area contributed by atoms with Gasteiger partial charge in [0.25, 0.3) is 0 Å². The van der Waals surface area contributed by atoms with Crippen LogP contribution in [-0.4, -0.2) is 24.5 Å². The van der Waals surface area contributed by atoms with Gasteiger partial charge in [-0.3, -0.25) is 0 Å². The van der Waals surface area contributed by atoms with Crippen molar-refractivity contribution in [3.8, 4) is 0 Å². The van der Waals surface area contributed by atoms with Crippen molar-refractivity contribution in [1.82, 2.24) is 14.3 Å². The van der Waals surface area contributed by atoms with Crippen LogP contribution in [0.15, 0.2) is 46.2 Å². The minimum atomic E-state index is -3.39. The molecule has 1 N–H and O–H groups in total. The Bertz CT molecular complexity index is 852. The monoisotopic (exact) mass is 321 g/mol. The number of rotatable bonds is 5. The third-order valence-electron chi connectivity index (χ3n) is 3.26. The number of fused-ring (bicyclic) bond motifs is 1. The van der Waals surface area contributed by atoms with Gasteiger partial charge in [0.15, 0.2) is 0 Å². The Morgan fingerprint density at radius 2 is 2.19 bits per heavy atom. The number of nitrogens with zero attached hydrogens (tertiary/aromatic N) is 2. The maximum Gasteiger partial charge on any atom is 0.250 e. The molecule has 3 heterocycles. The summed E-state index contributed by atoms with van der Waals surface area (Å²) in [6.07, 6.45) is 4.39. The molecule has 0 saturated heterocycles. The van der Waals surface area contributed by atoms with E-state index in [4.69, 9.17) is 0 Å². The summed E-state index contributed by atoms with van der Waals surface area (Å²) in [5.41, 5.74) is 2.00. The van der Waals surface area contributed by atoms with E-state index in [0.29, 0.717) is 17.2 Å². The summed E-state index contributed by atoms with van der Waals surface area (Å²) in [7, 11) is -1.45. The van der Waals surface area contributed by atoms with E-state index in [1.165, 1.54) is 11.3 Å². The largest absolute Gasteiger partial charge is 0.335 e. The van der Waals surface area contributed by atoms with Crippen molar-refractivity contribution in [2.24, 2.45) is 7.05 Å². The number of aromatic nitrogens is 2. The van der Waals surface area contributed by atoms with Gasteiger partial charge in [-0.25, -0.2) is 18.1 Å². The molecule has 3 rings (SSSR count). The Balaban J connectivity index is 1.73. The summed E-state index contributed by atoms with van der Waals surface area (Å²) in [6.45, 7) is 0.369. The van der Waals surface area contributed by atoms with Crippen molar-refractivity contribution in [2.75, 3.05) is 6.54 Å². The summed E-state index contributed by atoms with van der Waals surface area (Å²) in [4.78, 5) is 4.32. The number of hydrogen-bond acceptors (Lipinski definition) is 4. The van der Waals surface area contributed by atoms with Crippen molar-refractivity contribution in [3.05, 3.63) is 47.6 Å². The highest BCUT2D eigenvalue weighted by atomic mass is 32.2. The van der Waals surface area contributed by atoms with Gasteiger partial charge < -0.3 is 4.57 Å². The number of nitrogens with one attached hydrogen (secondary N) is 1. The predicted molar refractivity (Wildman–Crippen MR) is 83.9 cm³/mol. The molecule has 110 valence electrons. The van der Waals surface area contributed by atoms with Gasteiger partial charge in [0.05, 0.1) is 0 Å². The van der Waals surface area contributed by atoms with Gasteiger partial charge in [-0.05, 0) is 35.6 Å². The molecule has 21 heavy (non-hydrogen) atoms. The quantitative estimate of drug-likeness (QED) is 0.783. The maximum absolute atomic E-state index is 12.0. The van der Waals surface area contributed by atoms with Crippen LogP contribution in [0.1, 0.15) is 5.56 Å². The van der Waals surface area contributed by atoms with Gasteiger partial charge in [0, 0.05) is 31.4 Å². The second-order valence-corrected chi connectivity index (χ2v) is 7.66. The normalized spacial score (nSPS) is 12.0. The van der Waals surface area contributed by atoms with Gasteiger partial charge in [0.1, 0.15) is 9.86 Å². The summed E-state index contributed by atoms with van der Waals surface area (Å²) in [5, 5.41) is 2.82. The van der Waals surface area contributed by atoms with Crippen LogP contribution >= 0.6 is 11.3 Å². The highest BCUT2D eigenvalue weighted by molar-refractivity contribution is 7.91. The second kappa shape index (κ2) is 5.59. The number of aryl methyl sites for hydroxylation is 1. The lowest BCUT2D eigenvalue weighted by atomic mass is 10.2. The first-order valence-corrected chi connectivity index (χ1v) is 8.86. The van der Waals surface area contributed by atoms with E-state index in [1.807, 2.05) is 29.9 Å². The van der Waals surface area contributed by atoms with Crippen molar-refractivity contribution in [3.63, 3.8) is 0 Å². The first-order chi connectivity index (χ1) is 10.1. The summed E-state index contributed by atoms with van der Waals surface area (Å²) in [5.74, 6) is 0. The van der Waals surface area contributed by atoms with Crippen LogP contribution in [-0.2, 0) is 23.5 Å². The average molecular weight is 321 g/mol. The lowest BCUT2D eigenvalue weighted by Crippen LogP contribution is -2.25. The second-order valence-electron chi connectivity index (χ2n) is 4.72. The van der Waals surface area contributed by atoms with Crippen molar-refractivity contribution < 1.29 is 8.42 Å². The number of hydrogen-bond donors (Lipinski definition) is 1. The van der Waals surface area contributed by atoms with Gasteiger partial charge in [-0.1, -0.05) is 6.07 Å². The zero-order valence-electron chi connectivity index (χ0n) is 11.5. The summed E-state index contributed by atoms with van der Waals surface area (Å²) < 4.78 is 29.0. The van der Waals surface area contributed by atoms with E-state index in [9.17, 15) is 8.42 Å². The molecule has 0 bridgehead atoms. The lowest BCUT2D eigenvalue weighted by molar-refractivity contribution is 0.584. The topological polar surface area (TPSA) is 64.0 Å². The molecule has 0 aromatic carbocycles. The van der Waals surface area contributed by atoms with E-state index in [-0.39, 0.29) is 0 Å². The molecule has 0 aliphatic rings. The van der Waals surface area contributed by atoms with Crippen LogP contribution in [0.2, 0.25) is 0 Å². The van der Waals surface area contributed by atoms with E-state index >= 15 is 0 Å². The molecule has 0 unspecified atom stereocenters. The lowest BCUT2D eigenvalue weighted by Gasteiger charge is -2.04. The molecule has 0 aliphatic heterocycles. The Hall–Kier alpha value is -1.70. The molecule has 0 atom stereocenters. The average Bonchev–Trinajstić information content (AvgIpc) is 3.09. The number of sulfonamides is 1. The van der Waals surface area contributed by atoms with Gasteiger partial charge in [-0.15, -0.1) is 11.3 Å². The van der Waals surface area contributed by atoms with E-state index < -0.39 is 10.0 Å². The van der Waals surface area contributed by atoms with Crippen LogP contribution in [0.4, 0.5) is 0 Å². The molecule has 0 fully saturated rings. The zero-order chi connectivity index (χ0) is 14.9. The molecule has 3 aromatic heterocycles. The molecule has 7 heteroatoms. The van der Waals surface area contributed by atoms with Crippen LogP contribution < -0.4 is 4.72 Å². The fourth-order valence-corrected chi connectivity index (χ4v) is 4.37. The van der Waals surface area contributed by atoms with Crippen LogP contribution in [0.3, 0.4) is 0 Å². The fourth-order valence-electron chi connectivity index (χ4n) is 2.30. The molecule has 3 aromatic rings. The highest BCUT2D eigenvalue weighted by Crippen LogP contribution is 2.19. The molecule has 0 saturated carbocycles. The molecule has 5 nitrogen and oxygen atoms in total. The van der Waals surface area contributed by atoms with Crippen molar-refractivity contribution in [1.29, 1.82) is 0 Å². The maximum atomic E-state index is 12.0. The smallest absolute Gasteiger partial charge is 0.250 e. The van der Waals surface area contributed by atoms with E-state index in [2.05, 4.69) is 9.71 Å². The van der Waals surface area contributed by atoms with Crippen LogP contribution in [0.25, 0.3) is 11.0 Å². The molecule has 0 aliphatic carbocycles. The van der Waals surface area contributed by atoms with Gasteiger partial charge >= 0.3 is 0 Å². The Morgan fingerprint density at radius 3 is 2.95 bits per heavy atom. The minimum absolute atomic E-state index is 0.349. The Labute approximate surface area is 127 Å². The van der Waals surface area contributed by atoms with Gasteiger partial charge in [-0.2, -0.15) is 0 Å². The van der Waals surface area contributed by atoms with Crippen molar-refractivity contribution >= 4 is 32.4 Å². The molecule has 0 spiro atoms. The first-order valence-electron chi connectivity index (χ1n) is 6.50. The zero-order valence-corrected chi connectivity index (χ0v) is 13.1. The minimum Gasteiger partial charge on any atom is -0.335 e. The predicted octanol–water partition coefficient (Wildman–Crippen LogP) is 2.16. The van der Waals surface area contributed by atoms with Gasteiger partial charge in [0.2, 0.25) is 10.0 Å². The molecule has 0 radical (unpaired) electrons. The van der Waals surface area contributed by atoms with Crippen molar-refractivity contribution in [2.45, 2.75) is 10.6 Å². The highest BCUT2D eigenvalue weighted by Gasteiger charge is 2.15. The standard InChI is InChI=1S/C14H15N3O2S2/c1-17-10-11(12-4-2-7-15-14(12)17)6-8-16-21(18,19)13-5-3-9-20-13/h2-5,7,9-10,16H,6,8H2,1H3. The number of thiophene rings is 1. The number of pyridine rings is 1. The Morgan fingerprint density at radius 1 is 1.33 bits per heavy atom. The summed E-state index contributed by atoms with van der Waals surface area (Å²) >= 11 is 1.22. The third-order valence-corrected chi connectivity index (χ3v) is 6.12.